The number of aromatic nitrogens is 2. The minimum atomic E-state index is 0.550. The number of nitrogens with zero attached hydrogens (tertiary/aromatic N) is 2. The van der Waals surface area contributed by atoms with E-state index in [1.165, 1.54) is 0 Å². The average Bonchev–Trinajstić information content (AvgIpc) is 2.53. The van der Waals surface area contributed by atoms with Crippen LogP contribution in [-0.4, -0.2) is 9.97 Å². The first-order valence-electron chi connectivity index (χ1n) is 6.38. The van der Waals surface area contributed by atoms with Crippen LogP contribution in [0, 0.1) is 0 Å². The van der Waals surface area contributed by atoms with Gasteiger partial charge in [-0.05, 0) is 30.3 Å². The summed E-state index contributed by atoms with van der Waals surface area (Å²) in [7, 11) is 0. The van der Waals surface area contributed by atoms with E-state index in [-0.39, 0.29) is 0 Å². The van der Waals surface area contributed by atoms with E-state index < -0.39 is 0 Å². The number of hydrogen-bond donors (Lipinski definition) is 1. The molecular weight excluding hydrogens is 298 g/mol. The number of anilines is 1. The topological polar surface area (TPSA) is 51.8 Å². The summed E-state index contributed by atoms with van der Waals surface area (Å²) >= 11 is 3.20. The first-order chi connectivity index (χ1) is 10.3. The van der Waals surface area contributed by atoms with E-state index in [0.29, 0.717) is 5.82 Å². The molecule has 0 aliphatic rings. The van der Waals surface area contributed by atoms with E-state index in [0.717, 1.165) is 19.7 Å². The lowest BCUT2D eigenvalue weighted by atomic mass is 10.4. The molecule has 0 aliphatic heterocycles. The van der Waals surface area contributed by atoms with E-state index in [9.17, 15) is 0 Å². The minimum Gasteiger partial charge on any atom is -0.383 e. The number of pyridine rings is 2. The van der Waals surface area contributed by atoms with Crippen LogP contribution < -0.4 is 5.73 Å². The van der Waals surface area contributed by atoms with Crippen LogP contribution in [0.5, 0.6) is 0 Å². The van der Waals surface area contributed by atoms with Gasteiger partial charge in [0.05, 0.1) is 4.90 Å². The normalized spacial score (nSPS) is 10.5. The molecule has 21 heavy (non-hydrogen) atoms. The molecule has 0 saturated carbocycles. The number of hydrogen-bond acceptors (Lipinski definition) is 5. The molecule has 3 rings (SSSR count). The molecule has 0 unspecified atom stereocenters. The highest BCUT2D eigenvalue weighted by Gasteiger charge is 2.06. The van der Waals surface area contributed by atoms with Gasteiger partial charge in [0.15, 0.2) is 0 Å². The third-order valence-electron chi connectivity index (χ3n) is 2.69. The molecule has 2 N–H and O–H groups in total. The second kappa shape index (κ2) is 6.65. The fourth-order valence-electron chi connectivity index (χ4n) is 1.72. The van der Waals surface area contributed by atoms with Gasteiger partial charge in [-0.3, -0.25) is 0 Å². The van der Waals surface area contributed by atoms with Gasteiger partial charge in [-0.15, -0.1) is 0 Å². The van der Waals surface area contributed by atoms with Crippen LogP contribution in [0.4, 0.5) is 5.82 Å². The molecule has 0 fully saturated rings. The van der Waals surface area contributed by atoms with Crippen LogP contribution in [0.25, 0.3) is 0 Å². The zero-order valence-electron chi connectivity index (χ0n) is 11.1. The lowest BCUT2D eigenvalue weighted by molar-refractivity contribution is 1.12. The van der Waals surface area contributed by atoms with Gasteiger partial charge in [0.25, 0.3) is 0 Å². The van der Waals surface area contributed by atoms with Gasteiger partial charge in [-0.25, -0.2) is 9.97 Å². The highest BCUT2D eigenvalue weighted by atomic mass is 32.2. The Bertz CT molecular complexity index is 718. The highest BCUT2D eigenvalue weighted by Crippen LogP contribution is 2.35. The van der Waals surface area contributed by atoms with E-state index in [2.05, 4.69) is 28.2 Å². The molecule has 0 bridgehead atoms. The van der Waals surface area contributed by atoms with Crippen LogP contribution in [0.3, 0.4) is 0 Å². The average molecular weight is 311 g/mol. The van der Waals surface area contributed by atoms with Crippen LogP contribution >= 0.6 is 23.5 Å². The first-order valence-corrected chi connectivity index (χ1v) is 8.02. The van der Waals surface area contributed by atoms with E-state index in [1.54, 1.807) is 35.9 Å². The summed E-state index contributed by atoms with van der Waals surface area (Å²) in [6.45, 7) is 0. The molecule has 1 aromatic carbocycles. The summed E-state index contributed by atoms with van der Waals surface area (Å²) in [5, 5.41) is 0.944. The van der Waals surface area contributed by atoms with Crippen molar-refractivity contribution < 1.29 is 0 Å². The van der Waals surface area contributed by atoms with Crippen molar-refractivity contribution in [2.75, 3.05) is 5.73 Å². The van der Waals surface area contributed by atoms with Gasteiger partial charge in [0.1, 0.15) is 10.8 Å². The van der Waals surface area contributed by atoms with Gasteiger partial charge in [0.2, 0.25) is 0 Å². The van der Waals surface area contributed by atoms with Crippen LogP contribution in [0.15, 0.2) is 86.7 Å². The van der Waals surface area contributed by atoms with Gasteiger partial charge in [-0.2, -0.15) is 0 Å². The van der Waals surface area contributed by atoms with Gasteiger partial charge in [-0.1, -0.05) is 47.8 Å². The quantitative estimate of drug-likeness (QED) is 0.775. The molecule has 3 nitrogen and oxygen atoms in total. The number of rotatable bonds is 4. The van der Waals surface area contributed by atoms with E-state index >= 15 is 0 Å². The maximum absolute atomic E-state index is 5.97. The lowest BCUT2D eigenvalue weighted by Crippen LogP contribution is -1.93. The number of benzene rings is 1. The molecule has 3 aromatic rings. The zero-order valence-corrected chi connectivity index (χ0v) is 12.8. The second-order valence-corrected chi connectivity index (χ2v) is 6.45. The molecule has 0 atom stereocenters. The Morgan fingerprint density at radius 3 is 2.38 bits per heavy atom. The second-order valence-electron chi connectivity index (χ2n) is 4.24. The predicted octanol–water partition coefficient (Wildman–Crippen LogP) is 4.36. The van der Waals surface area contributed by atoms with E-state index in [1.807, 2.05) is 36.4 Å². The van der Waals surface area contributed by atoms with E-state index in [4.69, 9.17) is 5.73 Å². The molecule has 2 heterocycles. The molecule has 0 amide bonds. The molecule has 0 saturated heterocycles. The van der Waals surface area contributed by atoms with Crippen molar-refractivity contribution >= 4 is 29.3 Å². The summed E-state index contributed by atoms with van der Waals surface area (Å²) in [5.41, 5.74) is 5.97. The Morgan fingerprint density at radius 2 is 1.62 bits per heavy atom. The van der Waals surface area contributed by atoms with Crippen LogP contribution in [0.1, 0.15) is 0 Å². The van der Waals surface area contributed by atoms with Gasteiger partial charge < -0.3 is 5.73 Å². The van der Waals surface area contributed by atoms with Crippen molar-refractivity contribution in [2.24, 2.45) is 0 Å². The molecule has 0 spiro atoms. The summed E-state index contributed by atoms with van der Waals surface area (Å²) in [6, 6.07) is 18.0. The Hall–Kier alpha value is -1.98. The molecule has 104 valence electrons. The molecule has 2 aromatic heterocycles. The summed E-state index contributed by atoms with van der Waals surface area (Å²) in [6.07, 6.45) is 3.57. The van der Waals surface area contributed by atoms with Crippen LogP contribution in [-0.2, 0) is 0 Å². The maximum atomic E-state index is 5.97. The van der Waals surface area contributed by atoms with Crippen molar-refractivity contribution in [1.29, 1.82) is 0 Å². The summed E-state index contributed by atoms with van der Waals surface area (Å²) in [5.74, 6) is 0.550. The minimum absolute atomic E-state index is 0.550. The van der Waals surface area contributed by atoms with Crippen molar-refractivity contribution in [2.45, 2.75) is 19.7 Å². The fraction of sp³-hybridized carbons (Fsp3) is 0. The smallest absolute Gasteiger partial charge is 0.137 e. The Balaban J connectivity index is 1.83. The largest absolute Gasteiger partial charge is 0.383 e. The van der Waals surface area contributed by atoms with Crippen LogP contribution in [0.2, 0.25) is 0 Å². The Kier molecular flexibility index (Phi) is 4.43. The summed E-state index contributed by atoms with van der Waals surface area (Å²) in [4.78, 5) is 11.7. The fourth-order valence-corrected chi connectivity index (χ4v) is 3.47. The standard InChI is InChI=1S/C16H13N3S2/c17-16-14(20-12-6-2-1-3-7-12)10-13(11-19-16)21-15-8-4-5-9-18-15/h1-11H,(H2,17,19). The van der Waals surface area contributed by atoms with Gasteiger partial charge >= 0.3 is 0 Å². The summed E-state index contributed by atoms with van der Waals surface area (Å²) < 4.78 is 0. The molecular formula is C16H13N3S2. The third kappa shape index (κ3) is 3.77. The molecule has 0 radical (unpaired) electrons. The lowest BCUT2D eigenvalue weighted by Gasteiger charge is -2.07. The Labute approximate surface area is 132 Å². The van der Waals surface area contributed by atoms with Crippen molar-refractivity contribution in [1.82, 2.24) is 9.97 Å². The van der Waals surface area contributed by atoms with Crippen molar-refractivity contribution in [3.8, 4) is 0 Å². The predicted molar refractivity (Wildman–Crippen MR) is 87.6 cm³/mol. The Morgan fingerprint density at radius 1 is 0.810 bits per heavy atom. The maximum Gasteiger partial charge on any atom is 0.137 e. The monoisotopic (exact) mass is 311 g/mol. The van der Waals surface area contributed by atoms with Crippen molar-refractivity contribution in [3.05, 3.63) is 67.0 Å². The first kappa shape index (κ1) is 14.0. The highest BCUT2D eigenvalue weighted by molar-refractivity contribution is 8.00. The molecule has 5 heteroatoms. The number of nitrogen functional groups attached to an aromatic ring is 1. The van der Waals surface area contributed by atoms with Gasteiger partial charge in [0, 0.05) is 22.2 Å². The SMILES string of the molecule is Nc1ncc(Sc2ccccn2)cc1Sc1ccccc1. The third-order valence-corrected chi connectivity index (χ3v) is 4.65. The zero-order chi connectivity index (χ0) is 14.5. The number of nitrogens with two attached hydrogens (primary N) is 1. The molecule has 0 aliphatic carbocycles. The van der Waals surface area contributed by atoms with Crippen molar-refractivity contribution in [3.63, 3.8) is 0 Å².